The molecule has 1 aliphatic rings. The van der Waals surface area contributed by atoms with E-state index in [9.17, 15) is 10.0 Å². The van der Waals surface area contributed by atoms with Crippen molar-refractivity contribution in [2.75, 3.05) is 13.1 Å². The van der Waals surface area contributed by atoms with E-state index in [0.29, 0.717) is 27.0 Å². The Balaban J connectivity index is 1.89. The molecule has 0 radical (unpaired) electrons. The Labute approximate surface area is 201 Å². The highest BCUT2D eigenvalue weighted by Crippen LogP contribution is 2.33. The number of amides is 1. The number of piperidine rings is 1. The Morgan fingerprint density at radius 3 is 2.45 bits per heavy atom. The first kappa shape index (κ1) is 23.1. The minimum atomic E-state index is -0.362. The van der Waals surface area contributed by atoms with Crippen molar-refractivity contribution in [2.45, 2.75) is 25.7 Å². The number of aromatic nitrogens is 2. The second-order valence-corrected chi connectivity index (χ2v) is 8.65. The molecular weight excluding hydrogens is 463 g/mol. The van der Waals surface area contributed by atoms with Crippen molar-refractivity contribution in [3.05, 3.63) is 69.8 Å². The third-order valence-electron chi connectivity index (χ3n) is 5.50. The Bertz CT molecular complexity index is 1170. The molecule has 2 heterocycles. The number of benzene rings is 2. The van der Waals surface area contributed by atoms with Crippen LogP contribution >= 0.6 is 23.2 Å². The molecule has 0 saturated carbocycles. The fourth-order valence-corrected chi connectivity index (χ4v) is 4.26. The minimum absolute atomic E-state index is 0.0155. The summed E-state index contributed by atoms with van der Waals surface area (Å²) in [4.78, 5) is 13.3. The zero-order valence-electron chi connectivity index (χ0n) is 17.8. The number of nitrogens with two attached hydrogens (primary N) is 1. The average Bonchev–Trinajstić information content (AvgIpc) is 3.19. The first-order valence-electron chi connectivity index (χ1n) is 10.6. The number of nitrogens with one attached hydrogen (secondary N) is 1. The molecule has 8 nitrogen and oxygen atoms in total. The van der Waals surface area contributed by atoms with Crippen molar-refractivity contribution in [3.8, 4) is 16.9 Å². The topological polar surface area (TPSA) is 109 Å². The van der Waals surface area contributed by atoms with E-state index >= 15 is 0 Å². The van der Waals surface area contributed by atoms with Gasteiger partial charge < -0.3 is 10.9 Å². The number of amidine groups is 1. The highest BCUT2D eigenvalue weighted by atomic mass is 35.5. The summed E-state index contributed by atoms with van der Waals surface area (Å²) in [7, 11) is 0. The van der Waals surface area contributed by atoms with Crippen LogP contribution in [0.25, 0.3) is 16.9 Å². The van der Waals surface area contributed by atoms with Gasteiger partial charge in [0.2, 0.25) is 0 Å². The van der Waals surface area contributed by atoms with Gasteiger partial charge in [-0.3, -0.25) is 10.2 Å². The van der Waals surface area contributed by atoms with Crippen LogP contribution in [0.1, 0.15) is 35.3 Å². The summed E-state index contributed by atoms with van der Waals surface area (Å²) < 4.78 is 1.62. The van der Waals surface area contributed by atoms with Crippen molar-refractivity contribution in [1.82, 2.24) is 20.2 Å². The lowest BCUT2D eigenvalue weighted by atomic mass is 10.0. The van der Waals surface area contributed by atoms with Crippen LogP contribution in [0.15, 0.2) is 53.7 Å². The third-order valence-corrected chi connectivity index (χ3v) is 6.07. The quantitative estimate of drug-likeness (QED) is 0.208. The number of oxime groups is 1. The number of carbonyl (C=O) groups excluding carboxylic acids is 1. The molecule has 33 heavy (non-hydrogen) atoms. The Morgan fingerprint density at radius 1 is 1.09 bits per heavy atom. The van der Waals surface area contributed by atoms with E-state index < -0.39 is 0 Å². The molecule has 0 aliphatic carbocycles. The van der Waals surface area contributed by atoms with Crippen LogP contribution in [0.2, 0.25) is 10.0 Å². The zero-order chi connectivity index (χ0) is 23.4. The molecule has 4 rings (SSSR count). The standard InChI is InChI=1S/C23H24Cl2N6O2/c24-16-10-8-15(9-11-16)22-17(14-20(26)29-33)21(23(32)28-30-12-4-1-5-13-30)27-31(22)19-7-3-2-6-18(19)25/h2-3,6-11,33H,1,4-5,12-14H2,(H2,26,29)(H,28,32). The molecule has 1 fully saturated rings. The Morgan fingerprint density at radius 2 is 1.79 bits per heavy atom. The van der Waals surface area contributed by atoms with Crippen LogP contribution < -0.4 is 11.2 Å². The van der Waals surface area contributed by atoms with E-state index in [1.807, 2.05) is 35.3 Å². The van der Waals surface area contributed by atoms with Gasteiger partial charge >= 0.3 is 0 Å². The molecule has 2 aromatic carbocycles. The normalized spacial score (nSPS) is 14.9. The first-order valence-corrected chi connectivity index (χ1v) is 11.4. The smallest absolute Gasteiger partial charge is 0.286 e. The summed E-state index contributed by atoms with van der Waals surface area (Å²) in [6.07, 6.45) is 3.19. The number of hydrogen-bond donors (Lipinski definition) is 3. The number of carbonyl (C=O) groups is 1. The monoisotopic (exact) mass is 486 g/mol. The fraction of sp³-hybridized carbons (Fsp3) is 0.261. The van der Waals surface area contributed by atoms with Crippen LogP contribution in [0.5, 0.6) is 0 Å². The van der Waals surface area contributed by atoms with E-state index in [1.165, 1.54) is 0 Å². The van der Waals surface area contributed by atoms with Gasteiger partial charge in [0, 0.05) is 35.7 Å². The zero-order valence-corrected chi connectivity index (χ0v) is 19.4. The maximum Gasteiger partial charge on any atom is 0.286 e. The molecule has 1 saturated heterocycles. The number of halogens is 2. The predicted molar refractivity (Wildman–Crippen MR) is 129 cm³/mol. The predicted octanol–water partition coefficient (Wildman–Crippen LogP) is 4.27. The maximum atomic E-state index is 13.3. The van der Waals surface area contributed by atoms with Crippen molar-refractivity contribution >= 4 is 34.9 Å². The SMILES string of the molecule is N/C(Cc1c(C(=O)NN2CCCCC2)nn(-c2ccccc2Cl)c1-c1ccc(Cl)cc1)=N/O. The fourth-order valence-electron chi connectivity index (χ4n) is 3.92. The molecule has 4 N–H and O–H groups in total. The van der Waals surface area contributed by atoms with Crippen molar-refractivity contribution in [3.63, 3.8) is 0 Å². The molecule has 1 amide bonds. The summed E-state index contributed by atoms with van der Waals surface area (Å²) >= 11 is 12.6. The van der Waals surface area contributed by atoms with Gasteiger partial charge in [-0.1, -0.05) is 59.0 Å². The van der Waals surface area contributed by atoms with Gasteiger partial charge in [0.1, 0.15) is 5.84 Å². The van der Waals surface area contributed by atoms with Crippen molar-refractivity contribution < 1.29 is 10.0 Å². The molecule has 1 aromatic heterocycles. The average molecular weight is 487 g/mol. The highest BCUT2D eigenvalue weighted by Gasteiger charge is 2.27. The summed E-state index contributed by atoms with van der Waals surface area (Å²) in [6.45, 7) is 1.55. The number of hydrogen-bond acceptors (Lipinski definition) is 5. The minimum Gasteiger partial charge on any atom is -0.409 e. The van der Waals surface area contributed by atoms with Gasteiger partial charge in [-0.2, -0.15) is 5.10 Å². The lowest BCUT2D eigenvalue weighted by molar-refractivity contribution is 0.0743. The van der Waals surface area contributed by atoms with E-state index in [-0.39, 0.29) is 23.9 Å². The van der Waals surface area contributed by atoms with Crippen molar-refractivity contribution in [1.29, 1.82) is 0 Å². The van der Waals surface area contributed by atoms with E-state index in [2.05, 4.69) is 15.7 Å². The van der Waals surface area contributed by atoms with Crippen LogP contribution in [-0.4, -0.2) is 44.8 Å². The molecule has 0 bridgehead atoms. The lowest BCUT2D eigenvalue weighted by Gasteiger charge is -2.26. The molecule has 0 unspecified atom stereocenters. The van der Waals surface area contributed by atoms with Gasteiger partial charge in [0.15, 0.2) is 5.69 Å². The summed E-state index contributed by atoms with van der Waals surface area (Å²) in [5, 5.41) is 20.0. The van der Waals surface area contributed by atoms with Crippen LogP contribution in [0.4, 0.5) is 0 Å². The highest BCUT2D eigenvalue weighted by molar-refractivity contribution is 6.32. The molecule has 0 atom stereocenters. The summed E-state index contributed by atoms with van der Waals surface area (Å²) in [5.74, 6) is -0.408. The maximum absolute atomic E-state index is 13.3. The van der Waals surface area contributed by atoms with Crippen LogP contribution in [-0.2, 0) is 6.42 Å². The molecule has 1 aliphatic heterocycles. The van der Waals surface area contributed by atoms with Gasteiger partial charge in [0.25, 0.3) is 5.91 Å². The molecular formula is C23H24Cl2N6O2. The Kier molecular flexibility index (Phi) is 7.17. The largest absolute Gasteiger partial charge is 0.409 e. The second-order valence-electron chi connectivity index (χ2n) is 7.80. The summed E-state index contributed by atoms with van der Waals surface area (Å²) in [6, 6.07) is 14.4. The first-order chi connectivity index (χ1) is 16.0. The van der Waals surface area contributed by atoms with E-state index in [1.54, 1.807) is 22.9 Å². The van der Waals surface area contributed by atoms with Gasteiger partial charge in [-0.15, -0.1) is 0 Å². The third kappa shape index (κ3) is 5.13. The van der Waals surface area contributed by atoms with Crippen LogP contribution in [0.3, 0.4) is 0 Å². The number of nitrogens with zero attached hydrogens (tertiary/aromatic N) is 4. The van der Waals surface area contributed by atoms with E-state index in [0.717, 1.165) is 37.9 Å². The number of rotatable bonds is 6. The van der Waals surface area contributed by atoms with Crippen LogP contribution in [0, 0.1) is 0 Å². The van der Waals surface area contributed by atoms with Crippen molar-refractivity contribution in [2.24, 2.45) is 10.9 Å². The molecule has 0 spiro atoms. The van der Waals surface area contributed by atoms with Gasteiger partial charge in [-0.05, 0) is 37.1 Å². The number of hydrazine groups is 1. The molecule has 172 valence electrons. The van der Waals surface area contributed by atoms with Gasteiger partial charge in [-0.25, -0.2) is 9.69 Å². The summed E-state index contributed by atoms with van der Waals surface area (Å²) in [5.41, 5.74) is 11.5. The molecule has 10 heteroatoms. The van der Waals surface area contributed by atoms with E-state index in [4.69, 9.17) is 28.9 Å². The second kappa shape index (κ2) is 10.2. The number of para-hydroxylation sites is 1. The lowest BCUT2D eigenvalue weighted by Crippen LogP contribution is -2.45. The molecule has 3 aromatic rings. The Hall–Kier alpha value is -3.07. The van der Waals surface area contributed by atoms with Gasteiger partial charge in [0.05, 0.1) is 16.4 Å².